The Labute approximate surface area is 171 Å². The number of hydrogen-bond acceptors (Lipinski definition) is 9. The minimum Gasteiger partial charge on any atom is -0.431 e. The van der Waals surface area contributed by atoms with Crippen molar-refractivity contribution in [2.75, 3.05) is 6.16 Å². The van der Waals surface area contributed by atoms with E-state index >= 15 is 0 Å². The summed E-state index contributed by atoms with van der Waals surface area (Å²) in [4.78, 5) is 47.7. The Morgan fingerprint density at radius 1 is 1.07 bits per heavy atom. The molecule has 0 radical (unpaired) electrons. The summed E-state index contributed by atoms with van der Waals surface area (Å²) in [7, 11) is -2.87. The van der Waals surface area contributed by atoms with Crippen molar-refractivity contribution in [3.63, 3.8) is 0 Å². The molecule has 0 saturated heterocycles. The van der Waals surface area contributed by atoms with Crippen LogP contribution in [0.4, 0.5) is 14.0 Å². The van der Waals surface area contributed by atoms with E-state index < -0.39 is 55.4 Å². The molecule has 1 rings (SSSR count). The van der Waals surface area contributed by atoms with Gasteiger partial charge in [0.2, 0.25) is 5.82 Å². The molecule has 11 nitrogen and oxygen atoms in total. The highest BCUT2D eigenvalue weighted by molar-refractivity contribution is 7.45. The van der Waals surface area contributed by atoms with Crippen molar-refractivity contribution in [1.82, 2.24) is 9.55 Å². The van der Waals surface area contributed by atoms with Crippen molar-refractivity contribution in [3.05, 3.63) is 45.0 Å². The Kier molecular flexibility index (Phi) is 10.0. The predicted octanol–water partition coefficient (Wildman–Crippen LogP) is 2.20. The molecule has 0 aromatic carbocycles. The third-order valence-corrected chi connectivity index (χ3v) is 4.49. The van der Waals surface area contributed by atoms with E-state index in [1.54, 1.807) is 32.7 Å². The van der Waals surface area contributed by atoms with Gasteiger partial charge in [-0.05, 0) is 27.7 Å². The van der Waals surface area contributed by atoms with Crippen LogP contribution in [0.5, 0.6) is 0 Å². The third kappa shape index (κ3) is 9.08. The summed E-state index contributed by atoms with van der Waals surface area (Å²) in [5.41, 5.74) is -1.96. The van der Waals surface area contributed by atoms with Crippen molar-refractivity contribution in [1.29, 1.82) is 0 Å². The molecule has 1 atom stereocenters. The fraction of sp³-hybridized carbons (Fsp3) is 0.529. The third-order valence-electron chi connectivity index (χ3n) is 3.09. The fourth-order valence-corrected chi connectivity index (χ4v) is 2.92. The van der Waals surface area contributed by atoms with E-state index in [2.05, 4.69) is 0 Å². The molecular weight excluding hydrogens is 426 g/mol. The number of rotatable bonds is 9. The number of nitrogens with zero attached hydrogens (tertiary/aromatic N) is 1. The monoisotopic (exact) mass is 450 g/mol. The Hall–Kier alpha value is -2.88. The molecule has 0 spiro atoms. The molecule has 0 saturated carbocycles. The minimum absolute atomic E-state index is 0.126. The van der Waals surface area contributed by atoms with Crippen LogP contribution in [0.3, 0.4) is 0 Å². The summed E-state index contributed by atoms with van der Waals surface area (Å²) < 4.78 is 45.7. The van der Waals surface area contributed by atoms with Crippen LogP contribution in [-0.4, -0.2) is 46.3 Å². The number of carbonyl (C=O) groups is 2. The van der Waals surface area contributed by atoms with Gasteiger partial charge in [-0.2, -0.15) is 4.39 Å². The molecule has 13 heteroatoms. The van der Waals surface area contributed by atoms with Gasteiger partial charge in [0.05, 0.1) is 18.4 Å². The molecule has 1 N–H and O–H groups in total. The van der Waals surface area contributed by atoms with Gasteiger partial charge in [0.15, 0.2) is 7.80 Å². The molecule has 0 amide bonds. The van der Waals surface area contributed by atoms with Crippen LogP contribution in [-0.2, 0) is 30.1 Å². The second-order valence-corrected chi connectivity index (χ2v) is 8.24. The highest BCUT2D eigenvalue weighted by atomic mass is 31.1. The average molecular weight is 450 g/mol. The lowest BCUT2D eigenvalue weighted by Crippen LogP contribution is -2.31. The number of H-pyrrole nitrogens is 1. The van der Waals surface area contributed by atoms with Crippen LogP contribution < -0.4 is 11.2 Å². The highest BCUT2D eigenvalue weighted by Crippen LogP contribution is 2.31. The minimum atomic E-state index is -2.87. The number of allylic oxidation sites excluding steroid dienone is 2. The first kappa shape index (κ1) is 25.2. The van der Waals surface area contributed by atoms with E-state index in [-0.39, 0.29) is 12.7 Å². The molecule has 0 aliphatic heterocycles. The number of hydrogen-bond donors (Lipinski definition) is 1. The summed E-state index contributed by atoms with van der Waals surface area (Å²) in [6.07, 6.45) is -0.101. The molecule has 0 aliphatic rings. The first-order chi connectivity index (χ1) is 14.0. The molecule has 0 bridgehead atoms. The SMILES string of the molecule is CC(C)OC(=O)OC(OC(=O)OC(C)C)[PH](=O)CC=CCn1cc(F)c(=O)[nH]c1=O. The van der Waals surface area contributed by atoms with Crippen LogP contribution in [0.15, 0.2) is 27.9 Å². The largest absolute Gasteiger partial charge is 0.512 e. The fourth-order valence-electron chi connectivity index (χ4n) is 1.87. The van der Waals surface area contributed by atoms with Crippen molar-refractivity contribution in [3.8, 4) is 0 Å². The van der Waals surface area contributed by atoms with E-state index in [1.807, 2.05) is 0 Å². The van der Waals surface area contributed by atoms with Gasteiger partial charge in [-0.3, -0.25) is 14.3 Å². The quantitative estimate of drug-likeness (QED) is 0.259. The molecule has 0 fully saturated rings. The van der Waals surface area contributed by atoms with E-state index in [4.69, 9.17) is 18.9 Å². The lowest BCUT2D eigenvalue weighted by atomic mass is 10.5. The van der Waals surface area contributed by atoms with Gasteiger partial charge in [-0.25, -0.2) is 14.4 Å². The van der Waals surface area contributed by atoms with Gasteiger partial charge in [-0.1, -0.05) is 12.2 Å². The van der Waals surface area contributed by atoms with E-state index in [9.17, 15) is 28.1 Å². The van der Waals surface area contributed by atoms with Gasteiger partial charge in [0.1, 0.15) is 0 Å². The van der Waals surface area contributed by atoms with Crippen LogP contribution >= 0.6 is 7.80 Å². The van der Waals surface area contributed by atoms with Gasteiger partial charge < -0.3 is 23.5 Å². The summed E-state index contributed by atoms with van der Waals surface area (Å²) >= 11 is 0. The van der Waals surface area contributed by atoms with Crippen molar-refractivity contribution < 1.29 is 37.5 Å². The van der Waals surface area contributed by atoms with E-state index in [1.165, 1.54) is 12.2 Å². The lowest BCUT2D eigenvalue weighted by molar-refractivity contribution is -0.0715. The Balaban J connectivity index is 2.77. The van der Waals surface area contributed by atoms with Crippen molar-refractivity contribution in [2.24, 2.45) is 0 Å². The lowest BCUT2D eigenvalue weighted by Gasteiger charge is -2.18. The summed E-state index contributed by atoms with van der Waals surface area (Å²) in [5, 5.41) is 0. The van der Waals surface area contributed by atoms with E-state index in [0.717, 1.165) is 10.8 Å². The van der Waals surface area contributed by atoms with E-state index in [0.29, 0.717) is 0 Å². The summed E-state index contributed by atoms with van der Waals surface area (Å²) in [6.45, 7) is 6.14. The van der Waals surface area contributed by atoms with Crippen molar-refractivity contribution in [2.45, 2.75) is 52.5 Å². The van der Waals surface area contributed by atoms with Crippen LogP contribution in [0, 0.1) is 5.82 Å². The maximum atomic E-state index is 13.2. The molecule has 1 aromatic heterocycles. The molecule has 168 valence electrons. The topological polar surface area (TPSA) is 143 Å². The Morgan fingerprint density at radius 3 is 2.10 bits per heavy atom. The molecule has 1 heterocycles. The number of aromatic nitrogens is 2. The zero-order valence-corrected chi connectivity index (χ0v) is 17.9. The number of halogens is 1. The smallest absolute Gasteiger partial charge is 0.431 e. The zero-order valence-electron chi connectivity index (χ0n) is 16.9. The predicted molar refractivity (Wildman–Crippen MR) is 103 cm³/mol. The number of aromatic amines is 1. The first-order valence-electron chi connectivity index (χ1n) is 8.91. The van der Waals surface area contributed by atoms with Gasteiger partial charge >= 0.3 is 24.0 Å². The van der Waals surface area contributed by atoms with Gasteiger partial charge in [0.25, 0.3) is 5.56 Å². The standard InChI is InChI=1S/C17H24FN2O9P/c1-10(2)26-15(23)28-17(29-16(24)27-11(3)4)30(25)8-6-5-7-20-9-12(18)13(21)19-14(20)22/h5-6,9-11,17,30H,7-8H2,1-4H3,(H,19,21,22). The number of nitrogens with one attached hydrogen (secondary N) is 1. The maximum Gasteiger partial charge on any atom is 0.512 e. The van der Waals surface area contributed by atoms with Gasteiger partial charge in [0, 0.05) is 12.7 Å². The maximum absolute atomic E-state index is 13.2. The second-order valence-electron chi connectivity index (χ2n) is 6.43. The first-order valence-corrected chi connectivity index (χ1v) is 10.6. The summed E-state index contributed by atoms with van der Waals surface area (Å²) in [6, 6.07) is -1.73. The second kappa shape index (κ2) is 12.0. The average Bonchev–Trinajstić information content (AvgIpc) is 2.60. The molecule has 30 heavy (non-hydrogen) atoms. The Bertz CT molecular complexity index is 883. The van der Waals surface area contributed by atoms with Crippen LogP contribution in [0.1, 0.15) is 27.7 Å². The molecule has 1 unspecified atom stereocenters. The molecule has 0 aliphatic carbocycles. The highest BCUT2D eigenvalue weighted by Gasteiger charge is 2.27. The Morgan fingerprint density at radius 2 is 1.60 bits per heavy atom. The normalized spacial score (nSPS) is 12.4. The van der Waals surface area contributed by atoms with Crippen LogP contribution in [0.2, 0.25) is 0 Å². The van der Waals surface area contributed by atoms with Gasteiger partial charge in [-0.15, -0.1) is 0 Å². The number of carbonyl (C=O) groups excluding carboxylic acids is 2. The molecular formula is C17H24FN2O9P. The zero-order chi connectivity index (χ0) is 22.8. The number of ether oxygens (including phenoxy) is 4. The van der Waals surface area contributed by atoms with Crippen molar-refractivity contribution >= 4 is 20.1 Å². The molecule has 1 aromatic rings. The van der Waals surface area contributed by atoms with Crippen LogP contribution in [0.25, 0.3) is 0 Å². The summed E-state index contributed by atoms with van der Waals surface area (Å²) in [5.74, 6) is -1.13.